The third kappa shape index (κ3) is 7.87. The van der Waals surface area contributed by atoms with Crippen molar-refractivity contribution < 1.29 is 35.9 Å². The van der Waals surface area contributed by atoms with Crippen molar-refractivity contribution >= 4 is 27.5 Å². The Kier molecular flexibility index (Phi) is 9.74. The first-order valence-corrected chi connectivity index (χ1v) is 12.9. The van der Waals surface area contributed by atoms with Gasteiger partial charge in [0.15, 0.2) is 0 Å². The summed E-state index contributed by atoms with van der Waals surface area (Å²) in [6.45, 7) is 1.46. The van der Waals surface area contributed by atoms with Crippen LogP contribution in [0, 0.1) is 0 Å². The van der Waals surface area contributed by atoms with Crippen LogP contribution in [-0.4, -0.2) is 58.1 Å². The van der Waals surface area contributed by atoms with Crippen LogP contribution in [0.2, 0.25) is 0 Å². The third-order valence-electron chi connectivity index (χ3n) is 5.51. The van der Waals surface area contributed by atoms with Gasteiger partial charge in [-0.15, -0.1) is 0 Å². The van der Waals surface area contributed by atoms with Crippen molar-refractivity contribution in [3.8, 4) is 5.75 Å². The van der Waals surface area contributed by atoms with E-state index in [4.69, 9.17) is 4.74 Å². The number of amides is 2. The van der Waals surface area contributed by atoms with E-state index in [0.717, 1.165) is 34.3 Å². The number of halogens is 3. The fourth-order valence-corrected chi connectivity index (χ4v) is 4.56. The Morgan fingerprint density at radius 1 is 1.11 bits per heavy atom. The predicted molar refractivity (Wildman–Crippen MR) is 130 cm³/mol. The molecule has 0 aliphatic heterocycles. The fourth-order valence-electron chi connectivity index (χ4n) is 3.60. The molecule has 198 valence electrons. The van der Waals surface area contributed by atoms with Crippen LogP contribution in [-0.2, 0) is 32.3 Å². The highest BCUT2D eigenvalue weighted by Crippen LogP contribution is 2.32. The topological polar surface area (TPSA) is 96.0 Å². The summed E-state index contributed by atoms with van der Waals surface area (Å²) < 4.78 is 70.0. The van der Waals surface area contributed by atoms with Crippen molar-refractivity contribution in [2.75, 3.05) is 31.3 Å². The molecular formula is C24H30F3N3O5S. The van der Waals surface area contributed by atoms with Crippen LogP contribution in [0.3, 0.4) is 0 Å². The van der Waals surface area contributed by atoms with E-state index in [2.05, 4.69) is 5.32 Å². The second-order valence-electron chi connectivity index (χ2n) is 8.15. The van der Waals surface area contributed by atoms with E-state index < -0.39 is 33.7 Å². The Hall–Kier alpha value is -3.28. The first-order valence-electron chi connectivity index (χ1n) is 11.1. The number of nitrogens with zero attached hydrogens (tertiary/aromatic N) is 2. The summed E-state index contributed by atoms with van der Waals surface area (Å²) in [7, 11) is -0.968. The molecule has 2 amide bonds. The van der Waals surface area contributed by atoms with Crippen LogP contribution in [0.4, 0.5) is 18.9 Å². The Balaban J connectivity index is 2.21. The van der Waals surface area contributed by atoms with Gasteiger partial charge in [0.25, 0.3) is 0 Å². The van der Waals surface area contributed by atoms with E-state index in [0.29, 0.717) is 5.75 Å². The molecule has 8 nitrogen and oxygen atoms in total. The average molecular weight is 530 g/mol. The molecule has 0 aromatic heterocycles. The number of methoxy groups -OCH3 is 1. The predicted octanol–water partition coefficient (Wildman–Crippen LogP) is 3.42. The highest BCUT2D eigenvalue weighted by atomic mass is 32.2. The van der Waals surface area contributed by atoms with E-state index in [1.165, 1.54) is 25.1 Å². The standard InChI is InChI=1S/C24H30F3N3O5S/c1-17(23(32)28-2)29(16-18-8-5-11-21(14-18)35-3)22(31)12-7-13-30(36(4,33)34)20-10-6-9-19(15-20)24(25,26)27/h5-6,8-11,14-15,17H,7,12-13,16H2,1-4H3,(H,28,32)/t17-/m0/s1. The van der Waals surface area contributed by atoms with Gasteiger partial charge in [0, 0.05) is 26.6 Å². The molecular weight excluding hydrogens is 499 g/mol. The normalized spacial score (nSPS) is 12.5. The summed E-state index contributed by atoms with van der Waals surface area (Å²) in [5.74, 6) is -0.211. The van der Waals surface area contributed by atoms with Gasteiger partial charge in [0.05, 0.1) is 24.6 Å². The molecule has 0 saturated carbocycles. The van der Waals surface area contributed by atoms with Gasteiger partial charge in [0.2, 0.25) is 21.8 Å². The zero-order chi connectivity index (χ0) is 27.1. The molecule has 0 heterocycles. The molecule has 1 N–H and O–H groups in total. The average Bonchev–Trinajstić information content (AvgIpc) is 2.83. The quantitative estimate of drug-likeness (QED) is 0.481. The van der Waals surface area contributed by atoms with Gasteiger partial charge in [-0.3, -0.25) is 13.9 Å². The molecule has 0 bridgehead atoms. The zero-order valence-corrected chi connectivity index (χ0v) is 21.3. The lowest BCUT2D eigenvalue weighted by atomic mass is 10.1. The highest BCUT2D eigenvalue weighted by Gasteiger charge is 2.32. The number of hydrogen-bond donors (Lipinski definition) is 1. The zero-order valence-electron chi connectivity index (χ0n) is 20.5. The summed E-state index contributed by atoms with van der Waals surface area (Å²) in [4.78, 5) is 26.8. The maximum Gasteiger partial charge on any atom is 0.416 e. The summed E-state index contributed by atoms with van der Waals surface area (Å²) in [5, 5.41) is 2.50. The Bertz CT molecular complexity index is 1170. The van der Waals surface area contributed by atoms with Crippen LogP contribution in [0.25, 0.3) is 0 Å². The molecule has 0 fully saturated rings. The van der Waals surface area contributed by atoms with Gasteiger partial charge < -0.3 is 15.0 Å². The van der Waals surface area contributed by atoms with E-state index in [-0.39, 0.29) is 37.5 Å². The molecule has 1 atom stereocenters. The molecule has 0 aliphatic carbocycles. The highest BCUT2D eigenvalue weighted by molar-refractivity contribution is 7.92. The molecule has 12 heteroatoms. The number of alkyl halides is 3. The molecule has 0 radical (unpaired) electrons. The van der Waals surface area contributed by atoms with Crippen molar-refractivity contribution in [3.63, 3.8) is 0 Å². The fraction of sp³-hybridized carbons (Fsp3) is 0.417. The number of anilines is 1. The molecule has 2 rings (SSSR count). The minimum atomic E-state index is -4.63. The molecule has 0 aliphatic rings. The number of sulfonamides is 1. The van der Waals surface area contributed by atoms with Gasteiger partial charge in [-0.25, -0.2) is 8.42 Å². The first kappa shape index (κ1) is 29.0. The molecule has 2 aromatic rings. The second-order valence-corrected chi connectivity index (χ2v) is 10.1. The number of rotatable bonds is 11. The molecule has 0 unspecified atom stereocenters. The van der Waals surface area contributed by atoms with E-state index in [1.54, 1.807) is 31.2 Å². The lowest BCUT2D eigenvalue weighted by Crippen LogP contribution is -2.46. The van der Waals surface area contributed by atoms with Crippen LogP contribution >= 0.6 is 0 Å². The maximum atomic E-state index is 13.1. The summed E-state index contributed by atoms with van der Waals surface area (Å²) in [6.07, 6.45) is -3.85. The van der Waals surface area contributed by atoms with E-state index in [1.807, 2.05) is 0 Å². The van der Waals surface area contributed by atoms with Crippen molar-refractivity contribution in [3.05, 3.63) is 59.7 Å². The molecule has 0 saturated heterocycles. The van der Waals surface area contributed by atoms with Gasteiger partial charge in [0.1, 0.15) is 11.8 Å². The largest absolute Gasteiger partial charge is 0.497 e. The first-order chi connectivity index (χ1) is 16.8. The second kappa shape index (κ2) is 12.1. The number of nitrogens with one attached hydrogen (secondary N) is 1. The van der Waals surface area contributed by atoms with Crippen molar-refractivity contribution in [2.45, 2.75) is 38.5 Å². The number of likely N-dealkylation sites (N-methyl/N-ethyl adjacent to an activating group) is 1. The Labute approximate surface area is 209 Å². The lowest BCUT2D eigenvalue weighted by molar-refractivity contribution is -0.140. The van der Waals surface area contributed by atoms with Crippen molar-refractivity contribution in [2.24, 2.45) is 0 Å². The van der Waals surface area contributed by atoms with Crippen molar-refractivity contribution in [1.82, 2.24) is 10.2 Å². The van der Waals surface area contributed by atoms with Crippen LogP contribution in [0.15, 0.2) is 48.5 Å². The summed E-state index contributed by atoms with van der Waals surface area (Å²) in [6, 6.07) is 10.2. The summed E-state index contributed by atoms with van der Waals surface area (Å²) in [5.41, 5.74) is -0.402. The molecule has 0 spiro atoms. The minimum absolute atomic E-state index is 0.0250. The van der Waals surface area contributed by atoms with Crippen LogP contribution in [0.5, 0.6) is 5.75 Å². The monoisotopic (exact) mass is 529 g/mol. The Morgan fingerprint density at radius 2 is 1.78 bits per heavy atom. The van der Waals surface area contributed by atoms with Crippen LogP contribution in [0.1, 0.15) is 30.9 Å². The number of carbonyl (C=O) groups excluding carboxylic acids is 2. The van der Waals surface area contributed by atoms with Crippen LogP contribution < -0.4 is 14.4 Å². The van der Waals surface area contributed by atoms with Gasteiger partial charge in [-0.2, -0.15) is 13.2 Å². The van der Waals surface area contributed by atoms with E-state index in [9.17, 15) is 31.2 Å². The minimum Gasteiger partial charge on any atom is -0.497 e. The lowest BCUT2D eigenvalue weighted by Gasteiger charge is -2.29. The van der Waals surface area contributed by atoms with Crippen molar-refractivity contribution in [1.29, 1.82) is 0 Å². The van der Waals surface area contributed by atoms with Gasteiger partial charge in [-0.05, 0) is 49.2 Å². The third-order valence-corrected chi connectivity index (χ3v) is 6.71. The number of hydrogen-bond acceptors (Lipinski definition) is 5. The van der Waals surface area contributed by atoms with E-state index >= 15 is 0 Å². The number of benzene rings is 2. The summed E-state index contributed by atoms with van der Waals surface area (Å²) >= 11 is 0. The maximum absolute atomic E-state index is 13.1. The van der Waals surface area contributed by atoms with Gasteiger partial charge >= 0.3 is 6.18 Å². The SMILES string of the molecule is CNC(=O)[C@H](C)N(Cc1cccc(OC)c1)C(=O)CCCN(c1cccc(C(F)(F)F)c1)S(C)(=O)=O. The molecule has 36 heavy (non-hydrogen) atoms. The van der Waals surface area contributed by atoms with Gasteiger partial charge in [-0.1, -0.05) is 18.2 Å². The number of ether oxygens (including phenoxy) is 1. The smallest absolute Gasteiger partial charge is 0.416 e. The molecule has 2 aromatic carbocycles. The number of carbonyl (C=O) groups is 2. The Morgan fingerprint density at radius 3 is 2.36 bits per heavy atom.